The second-order valence-electron chi connectivity index (χ2n) is 7.78. The minimum Gasteiger partial charge on any atom is -0.250 e. The van der Waals surface area contributed by atoms with E-state index in [1.54, 1.807) is 0 Å². The lowest BCUT2D eigenvalue weighted by Crippen LogP contribution is -2.24. The Morgan fingerprint density at radius 1 is 0.576 bits per heavy atom. The van der Waals surface area contributed by atoms with Crippen molar-refractivity contribution in [2.75, 3.05) is 5.01 Å². The SMILES string of the molecule is C(#Cc1ccc(C2=NN(c3ccccc3)C(C#Cc3ccccc3)C2)cc1)c1ccccc1. The molecule has 2 nitrogen and oxygen atoms in total. The first-order valence-corrected chi connectivity index (χ1v) is 11.0. The molecule has 0 radical (unpaired) electrons. The maximum Gasteiger partial charge on any atom is 0.119 e. The van der Waals surface area contributed by atoms with Crippen LogP contribution in [0.5, 0.6) is 0 Å². The summed E-state index contributed by atoms with van der Waals surface area (Å²) in [6.07, 6.45) is 0.768. The smallest absolute Gasteiger partial charge is 0.119 e. The van der Waals surface area contributed by atoms with Crippen molar-refractivity contribution in [2.45, 2.75) is 12.5 Å². The normalized spacial score (nSPS) is 14.5. The third kappa shape index (κ3) is 5.04. The molecule has 0 aromatic heterocycles. The van der Waals surface area contributed by atoms with Crippen molar-refractivity contribution in [1.29, 1.82) is 0 Å². The summed E-state index contributed by atoms with van der Waals surface area (Å²) in [5, 5.41) is 6.99. The molecule has 156 valence electrons. The molecular weight excluding hydrogens is 400 g/mol. The van der Waals surface area contributed by atoms with Gasteiger partial charge in [-0.1, -0.05) is 90.4 Å². The van der Waals surface area contributed by atoms with E-state index in [4.69, 9.17) is 5.10 Å². The van der Waals surface area contributed by atoms with Gasteiger partial charge in [-0.15, -0.1) is 0 Å². The fourth-order valence-electron chi connectivity index (χ4n) is 3.72. The van der Waals surface area contributed by atoms with Crippen molar-refractivity contribution in [3.63, 3.8) is 0 Å². The number of nitrogens with zero attached hydrogens (tertiary/aromatic N) is 2. The van der Waals surface area contributed by atoms with E-state index in [0.717, 1.165) is 40.1 Å². The van der Waals surface area contributed by atoms with Gasteiger partial charge in [0.05, 0.1) is 11.4 Å². The molecule has 0 fully saturated rings. The molecule has 4 aromatic carbocycles. The molecule has 1 atom stereocenters. The highest BCUT2D eigenvalue weighted by Crippen LogP contribution is 2.26. The zero-order valence-electron chi connectivity index (χ0n) is 18.1. The molecule has 0 saturated carbocycles. The van der Waals surface area contributed by atoms with Gasteiger partial charge in [0.25, 0.3) is 0 Å². The van der Waals surface area contributed by atoms with Crippen molar-refractivity contribution >= 4 is 11.4 Å². The van der Waals surface area contributed by atoms with Crippen LogP contribution in [0.4, 0.5) is 5.69 Å². The topological polar surface area (TPSA) is 15.6 Å². The van der Waals surface area contributed by atoms with Crippen LogP contribution in [0.3, 0.4) is 0 Å². The summed E-state index contributed by atoms with van der Waals surface area (Å²) in [6.45, 7) is 0. The molecule has 0 amide bonds. The quantitative estimate of drug-likeness (QED) is 0.355. The third-order valence-electron chi connectivity index (χ3n) is 5.43. The van der Waals surface area contributed by atoms with Crippen LogP contribution in [0.2, 0.25) is 0 Å². The van der Waals surface area contributed by atoms with Crippen molar-refractivity contribution in [3.8, 4) is 23.7 Å². The number of hydrogen-bond donors (Lipinski definition) is 0. The summed E-state index contributed by atoms with van der Waals surface area (Å²) in [4.78, 5) is 0. The Bertz CT molecular complexity index is 1370. The van der Waals surface area contributed by atoms with Gasteiger partial charge >= 0.3 is 0 Å². The Kier molecular flexibility index (Phi) is 6.01. The molecule has 0 aliphatic carbocycles. The summed E-state index contributed by atoms with van der Waals surface area (Å²) in [6, 6.07) is 38.7. The van der Waals surface area contributed by atoms with E-state index in [9.17, 15) is 0 Å². The summed E-state index contributed by atoms with van der Waals surface area (Å²) in [5.74, 6) is 13.2. The van der Waals surface area contributed by atoms with Crippen LogP contribution >= 0.6 is 0 Å². The Morgan fingerprint density at radius 3 is 1.70 bits per heavy atom. The van der Waals surface area contributed by atoms with Gasteiger partial charge in [-0.05, 0) is 54.1 Å². The summed E-state index contributed by atoms with van der Waals surface area (Å²) in [7, 11) is 0. The van der Waals surface area contributed by atoms with E-state index in [-0.39, 0.29) is 6.04 Å². The van der Waals surface area contributed by atoms with Gasteiger partial charge in [0.15, 0.2) is 0 Å². The lowest BCUT2D eigenvalue weighted by atomic mass is 10.0. The van der Waals surface area contributed by atoms with Crippen LogP contribution in [-0.2, 0) is 0 Å². The Morgan fingerprint density at radius 2 is 1.09 bits per heavy atom. The lowest BCUT2D eigenvalue weighted by molar-refractivity contribution is 0.809. The average molecular weight is 423 g/mol. The van der Waals surface area contributed by atoms with E-state index in [2.05, 4.69) is 60.1 Å². The minimum absolute atomic E-state index is 0.0137. The van der Waals surface area contributed by atoms with Gasteiger partial charge < -0.3 is 0 Å². The lowest BCUT2D eigenvalue weighted by Gasteiger charge is -2.19. The van der Waals surface area contributed by atoms with Crippen LogP contribution in [0.1, 0.15) is 28.7 Å². The fourth-order valence-corrected chi connectivity index (χ4v) is 3.72. The highest BCUT2D eigenvalue weighted by atomic mass is 15.5. The average Bonchev–Trinajstić information content (AvgIpc) is 3.33. The van der Waals surface area contributed by atoms with Gasteiger partial charge in [-0.3, -0.25) is 0 Å². The molecule has 0 bridgehead atoms. The van der Waals surface area contributed by atoms with Gasteiger partial charge in [0.1, 0.15) is 6.04 Å². The predicted molar refractivity (Wildman–Crippen MR) is 136 cm³/mol. The summed E-state index contributed by atoms with van der Waals surface area (Å²) < 4.78 is 0. The fraction of sp³-hybridized carbons (Fsp3) is 0.0645. The first kappa shape index (κ1) is 20.4. The maximum absolute atomic E-state index is 4.96. The molecule has 1 heterocycles. The third-order valence-corrected chi connectivity index (χ3v) is 5.43. The number of rotatable bonds is 2. The van der Waals surface area contributed by atoms with Crippen molar-refractivity contribution in [2.24, 2.45) is 5.10 Å². The van der Waals surface area contributed by atoms with Gasteiger partial charge in [0, 0.05) is 23.1 Å². The number of hydrogen-bond acceptors (Lipinski definition) is 2. The largest absolute Gasteiger partial charge is 0.250 e. The second-order valence-corrected chi connectivity index (χ2v) is 7.78. The van der Waals surface area contributed by atoms with E-state index in [1.807, 2.05) is 83.9 Å². The predicted octanol–water partition coefficient (Wildman–Crippen LogP) is 6.12. The van der Waals surface area contributed by atoms with E-state index in [1.165, 1.54) is 0 Å². The van der Waals surface area contributed by atoms with E-state index in [0.29, 0.717) is 0 Å². The monoisotopic (exact) mass is 422 g/mol. The van der Waals surface area contributed by atoms with Crippen LogP contribution in [0, 0.1) is 23.7 Å². The molecule has 1 unspecified atom stereocenters. The molecule has 33 heavy (non-hydrogen) atoms. The van der Waals surface area contributed by atoms with Crippen LogP contribution < -0.4 is 5.01 Å². The van der Waals surface area contributed by atoms with E-state index < -0.39 is 0 Å². The van der Waals surface area contributed by atoms with Gasteiger partial charge in [-0.25, -0.2) is 5.01 Å². The number of benzene rings is 4. The molecule has 1 aliphatic heterocycles. The van der Waals surface area contributed by atoms with Crippen molar-refractivity contribution < 1.29 is 0 Å². The van der Waals surface area contributed by atoms with Gasteiger partial charge in [0.2, 0.25) is 0 Å². The first-order chi connectivity index (χ1) is 16.3. The van der Waals surface area contributed by atoms with Crippen LogP contribution in [-0.4, -0.2) is 11.8 Å². The first-order valence-electron chi connectivity index (χ1n) is 11.0. The van der Waals surface area contributed by atoms with Crippen molar-refractivity contribution in [1.82, 2.24) is 0 Å². The van der Waals surface area contributed by atoms with Crippen molar-refractivity contribution in [3.05, 3.63) is 138 Å². The standard InChI is InChI=1S/C31H22N2/c1-4-10-25(11-5-1)16-17-27-18-21-28(22-19-27)31-24-30(23-20-26-12-6-2-7-13-26)33(32-31)29-14-8-3-9-15-29/h1-15,18-19,21-22,30H,24H2. The summed E-state index contributed by atoms with van der Waals surface area (Å²) >= 11 is 0. The number of para-hydroxylation sites is 1. The highest BCUT2D eigenvalue weighted by Gasteiger charge is 2.27. The molecule has 1 aliphatic rings. The zero-order valence-corrected chi connectivity index (χ0v) is 18.1. The zero-order chi connectivity index (χ0) is 22.3. The molecule has 0 N–H and O–H groups in total. The highest BCUT2D eigenvalue weighted by molar-refractivity contribution is 6.03. The number of hydrazone groups is 1. The Balaban J connectivity index is 1.40. The molecule has 0 spiro atoms. The number of anilines is 1. The van der Waals surface area contributed by atoms with E-state index >= 15 is 0 Å². The van der Waals surface area contributed by atoms with Gasteiger partial charge in [-0.2, -0.15) is 5.10 Å². The summed E-state index contributed by atoms with van der Waals surface area (Å²) in [5.41, 5.74) is 6.20. The maximum atomic E-state index is 4.96. The molecular formula is C31H22N2. The Hall–Kier alpha value is -4.53. The minimum atomic E-state index is -0.0137. The molecule has 5 rings (SSSR count). The van der Waals surface area contributed by atoms with Crippen LogP contribution in [0.25, 0.3) is 0 Å². The molecule has 0 saturated heterocycles. The second kappa shape index (κ2) is 9.73. The molecule has 4 aromatic rings. The van der Waals surface area contributed by atoms with Crippen LogP contribution in [0.15, 0.2) is 120 Å². The molecule has 2 heteroatoms. The Labute approximate surface area is 195 Å².